The molecule has 0 bridgehead atoms. The van der Waals surface area contributed by atoms with Crippen LogP contribution in [0.4, 0.5) is 13.2 Å². The van der Waals surface area contributed by atoms with E-state index in [4.69, 9.17) is 23.2 Å². The molecule has 0 aliphatic rings. The zero-order chi connectivity index (χ0) is 20.8. The lowest BCUT2D eigenvalue weighted by molar-refractivity contribution is -0.274. The number of nitrogens with zero attached hydrogens (tertiary/aromatic N) is 1. The zero-order valence-corrected chi connectivity index (χ0v) is 16.2. The molecule has 2 aromatic carbocycles. The van der Waals surface area contributed by atoms with E-state index < -0.39 is 12.3 Å². The average molecular weight is 432 g/mol. The minimum absolute atomic E-state index is 0.0224. The summed E-state index contributed by atoms with van der Waals surface area (Å²) in [6.07, 6.45) is -3.04. The first-order chi connectivity index (χ1) is 13.0. The van der Waals surface area contributed by atoms with Gasteiger partial charge in [-0.2, -0.15) is 0 Å². The summed E-state index contributed by atoms with van der Waals surface area (Å²) >= 11 is 12.4. The van der Waals surface area contributed by atoms with Crippen molar-refractivity contribution < 1.29 is 27.8 Å². The number of rotatable bonds is 4. The number of carbonyl (C=O) groups is 1. The largest absolute Gasteiger partial charge is 0.573 e. The smallest absolute Gasteiger partial charge is 0.478 e. The number of aromatic nitrogens is 1. The minimum atomic E-state index is -4.78. The molecule has 0 aliphatic carbocycles. The van der Waals surface area contributed by atoms with Crippen LogP contribution in [-0.4, -0.2) is 22.0 Å². The van der Waals surface area contributed by atoms with Gasteiger partial charge in [-0.15, -0.1) is 13.2 Å². The Morgan fingerprint density at radius 2 is 1.86 bits per heavy atom. The van der Waals surface area contributed by atoms with Gasteiger partial charge in [-0.3, -0.25) is 0 Å². The molecular formula is C19H14Cl2F3NO3. The van der Waals surface area contributed by atoms with Gasteiger partial charge in [0.25, 0.3) is 0 Å². The molecule has 1 heterocycles. The van der Waals surface area contributed by atoms with E-state index in [0.717, 1.165) is 5.56 Å². The average Bonchev–Trinajstić information content (AvgIpc) is 2.86. The van der Waals surface area contributed by atoms with E-state index in [1.54, 1.807) is 24.6 Å². The number of aromatic carboxylic acids is 1. The molecule has 0 spiro atoms. The first-order valence-corrected chi connectivity index (χ1v) is 8.79. The topological polar surface area (TPSA) is 51.5 Å². The van der Waals surface area contributed by atoms with Crippen molar-refractivity contribution in [3.8, 4) is 5.75 Å². The summed E-state index contributed by atoms with van der Waals surface area (Å²) in [6.45, 7) is 3.58. The predicted molar refractivity (Wildman–Crippen MR) is 101 cm³/mol. The molecule has 0 atom stereocenters. The Balaban J connectivity index is 2.11. The van der Waals surface area contributed by atoms with Crippen molar-refractivity contribution in [3.63, 3.8) is 0 Å². The number of halogens is 5. The predicted octanol–water partition coefficient (Wildman–Crippen LogP) is 6.21. The van der Waals surface area contributed by atoms with Crippen LogP contribution in [0.25, 0.3) is 10.9 Å². The van der Waals surface area contributed by atoms with Crippen molar-refractivity contribution in [3.05, 3.63) is 62.8 Å². The van der Waals surface area contributed by atoms with E-state index >= 15 is 0 Å². The van der Waals surface area contributed by atoms with Crippen LogP contribution in [-0.2, 0) is 6.54 Å². The Kier molecular flexibility index (Phi) is 5.25. The third-order valence-electron chi connectivity index (χ3n) is 4.31. The van der Waals surface area contributed by atoms with Crippen LogP contribution in [0.5, 0.6) is 5.75 Å². The molecule has 3 aromatic rings. The molecule has 0 fully saturated rings. The fourth-order valence-electron chi connectivity index (χ4n) is 3.19. The highest BCUT2D eigenvalue weighted by Crippen LogP contribution is 2.34. The van der Waals surface area contributed by atoms with Crippen molar-refractivity contribution in [2.75, 3.05) is 0 Å². The third kappa shape index (κ3) is 3.91. The number of alkyl halides is 3. The van der Waals surface area contributed by atoms with Gasteiger partial charge in [0.2, 0.25) is 0 Å². The number of benzene rings is 2. The van der Waals surface area contributed by atoms with Crippen molar-refractivity contribution in [2.45, 2.75) is 26.8 Å². The molecule has 1 N–H and O–H groups in total. The number of hydrogen-bond donors (Lipinski definition) is 1. The maximum Gasteiger partial charge on any atom is 0.573 e. The first kappa shape index (κ1) is 20.4. The molecule has 148 valence electrons. The molecule has 28 heavy (non-hydrogen) atoms. The Bertz CT molecular complexity index is 1090. The van der Waals surface area contributed by atoms with Crippen molar-refractivity contribution in [1.29, 1.82) is 0 Å². The molecular weight excluding hydrogens is 418 g/mol. The van der Waals surface area contributed by atoms with Gasteiger partial charge >= 0.3 is 12.3 Å². The van der Waals surface area contributed by atoms with Crippen LogP contribution < -0.4 is 4.74 Å². The fraction of sp³-hybridized carbons (Fsp3) is 0.211. The fourth-order valence-corrected chi connectivity index (χ4v) is 3.76. The van der Waals surface area contributed by atoms with Gasteiger partial charge in [0.15, 0.2) is 0 Å². The van der Waals surface area contributed by atoms with Gasteiger partial charge in [0.1, 0.15) is 5.75 Å². The molecule has 3 rings (SSSR count). The van der Waals surface area contributed by atoms with Crippen molar-refractivity contribution in [1.82, 2.24) is 4.57 Å². The lowest BCUT2D eigenvalue weighted by Gasteiger charge is -2.14. The summed E-state index contributed by atoms with van der Waals surface area (Å²) in [5.74, 6) is -1.48. The summed E-state index contributed by atoms with van der Waals surface area (Å²) in [4.78, 5) is 11.3. The highest BCUT2D eigenvalue weighted by atomic mass is 35.5. The van der Waals surface area contributed by atoms with Gasteiger partial charge in [-0.1, -0.05) is 23.2 Å². The van der Waals surface area contributed by atoms with E-state index in [1.165, 1.54) is 24.3 Å². The molecule has 0 aliphatic heterocycles. The van der Waals surface area contributed by atoms with E-state index in [2.05, 4.69) is 4.74 Å². The summed E-state index contributed by atoms with van der Waals surface area (Å²) < 4.78 is 43.5. The number of carboxylic acids is 1. The maximum atomic E-state index is 12.6. The van der Waals surface area contributed by atoms with Crippen LogP contribution in [0, 0.1) is 13.8 Å². The Labute approximate surface area is 168 Å². The first-order valence-electron chi connectivity index (χ1n) is 8.04. The summed E-state index contributed by atoms with van der Waals surface area (Å²) in [5.41, 5.74) is 2.31. The van der Waals surface area contributed by atoms with Gasteiger partial charge in [0.05, 0.1) is 22.6 Å². The van der Waals surface area contributed by atoms with E-state index in [-0.39, 0.29) is 22.9 Å². The summed E-state index contributed by atoms with van der Waals surface area (Å²) in [7, 11) is 0. The molecule has 0 saturated heterocycles. The van der Waals surface area contributed by atoms with Gasteiger partial charge in [-0.05, 0) is 49.2 Å². The van der Waals surface area contributed by atoms with Crippen LogP contribution in [0.15, 0.2) is 30.5 Å². The summed E-state index contributed by atoms with van der Waals surface area (Å²) in [6, 6.07) is 5.38. The molecule has 1 aromatic heterocycles. The van der Waals surface area contributed by atoms with Crippen LogP contribution >= 0.6 is 23.2 Å². The minimum Gasteiger partial charge on any atom is -0.478 e. The van der Waals surface area contributed by atoms with Crippen LogP contribution in [0.3, 0.4) is 0 Å². The Hall–Kier alpha value is -2.38. The quantitative estimate of drug-likeness (QED) is 0.534. The molecule has 0 saturated carbocycles. The number of aryl methyl sites for hydroxylation is 2. The highest BCUT2D eigenvalue weighted by Gasteiger charge is 2.31. The summed E-state index contributed by atoms with van der Waals surface area (Å²) in [5, 5.41) is 10.2. The monoisotopic (exact) mass is 431 g/mol. The van der Waals surface area contributed by atoms with Crippen LogP contribution in [0.2, 0.25) is 10.0 Å². The molecule has 0 amide bonds. The van der Waals surface area contributed by atoms with Crippen molar-refractivity contribution >= 4 is 40.1 Å². The van der Waals surface area contributed by atoms with E-state index in [1.807, 2.05) is 0 Å². The van der Waals surface area contributed by atoms with Gasteiger partial charge in [0, 0.05) is 22.2 Å². The second-order valence-electron chi connectivity index (χ2n) is 6.32. The lowest BCUT2D eigenvalue weighted by atomic mass is 10.1. The molecule has 0 radical (unpaired) electrons. The standard InChI is InChI=1S/C19H14Cl2F3NO3/c1-9-5-11(28-19(22,23)24)6-13-10(2)7-25(17(9)13)8-14-15(20)4-3-12(16(14)21)18(26)27/h3-7H,8H2,1-2H3,(H,26,27). The van der Waals surface area contributed by atoms with E-state index in [0.29, 0.717) is 27.1 Å². The lowest BCUT2D eigenvalue weighted by Crippen LogP contribution is -2.17. The highest BCUT2D eigenvalue weighted by molar-refractivity contribution is 6.37. The molecule has 4 nitrogen and oxygen atoms in total. The Morgan fingerprint density at radius 3 is 2.46 bits per heavy atom. The van der Waals surface area contributed by atoms with E-state index in [9.17, 15) is 23.1 Å². The molecule has 9 heteroatoms. The van der Waals surface area contributed by atoms with Crippen molar-refractivity contribution in [2.24, 2.45) is 0 Å². The molecule has 0 unspecified atom stereocenters. The number of carboxylic acid groups (broad SMARTS) is 1. The van der Waals surface area contributed by atoms with Gasteiger partial charge < -0.3 is 14.4 Å². The Morgan fingerprint density at radius 1 is 1.18 bits per heavy atom. The normalized spacial score (nSPS) is 11.8. The second kappa shape index (κ2) is 7.22. The number of fused-ring (bicyclic) bond motifs is 1. The SMILES string of the molecule is Cc1cn(Cc2c(Cl)ccc(C(=O)O)c2Cl)c2c(C)cc(OC(F)(F)F)cc12. The third-order valence-corrected chi connectivity index (χ3v) is 5.10. The maximum absolute atomic E-state index is 12.6. The van der Waals surface area contributed by atoms with Gasteiger partial charge in [-0.25, -0.2) is 4.79 Å². The number of ether oxygens (including phenoxy) is 1. The van der Waals surface area contributed by atoms with Crippen LogP contribution in [0.1, 0.15) is 27.0 Å². The number of hydrogen-bond acceptors (Lipinski definition) is 2. The zero-order valence-electron chi connectivity index (χ0n) is 14.7. The second-order valence-corrected chi connectivity index (χ2v) is 7.10.